The summed E-state index contributed by atoms with van der Waals surface area (Å²) < 4.78 is 5.41. The lowest BCUT2D eigenvalue weighted by Gasteiger charge is -2.24. The predicted molar refractivity (Wildman–Crippen MR) is 78.1 cm³/mol. The van der Waals surface area contributed by atoms with Gasteiger partial charge in [0.25, 0.3) is 0 Å². The van der Waals surface area contributed by atoms with E-state index >= 15 is 0 Å². The molecule has 4 heteroatoms. The van der Waals surface area contributed by atoms with Gasteiger partial charge in [0.1, 0.15) is 5.75 Å². The van der Waals surface area contributed by atoms with Crippen LogP contribution in [0, 0.1) is 0 Å². The second-order valence-corrected chi connectivity index (χ2v) is 4.65. The summed E-state index contributed by atoms with van der Waals surface area (Å²) in [6.07, 6.45) is 0. The highest BCUT2D eigenvalue weighted by molar-refractivity contribution is 5.95. The Bertz CT molecular complexity index is 613. The SMILES string of the molecule is COc1ccccc1C1CNC(=O)N1c1ccccc1. The number of hydrogen-bond donors (Lipinski definition) is 1. The topological polar surface area (TPSA) is 41.6 Å². The van der Waals surface area contributed by atoms with Gasteiger partial charge in [-0.15, -0.1) is 0 Å². The van der Waals surface area contributed by atoms with Gasteiger partial charge in [-0.3, -0.25) is 4.90 Å². The molecule has 1 aliphatic rings. The minimum absolute atomic E-state index is 0.0546. The summed E-state index contributed by atoms with van der Waals surface area (Å²) in [6, 6.07) is 17.4. The Kier molecular flexibility index (Phi) is 3.29. The molecule has 3 rings (SSSR count). The maximum Gasteiger partial charge on any atom is 0.322 e. The van der Waals surface area contributed by atoms with Gasteiger partial charge in [-0.2, -0.15) is 0 Å². The van der Waals surface area contributed by atoms with E-state index in [4.69, 9.17) is 4.74 Å². The Balaban J connectivity index is 2.02. The van der Waals surface area contributed by atoms with E-state index in [9.17, 15) is 4.79 Å². The quantitative estimate of drug-likeness (QED) is 0.929. The molecule has 2 aromatic rings. The van der Waals surface area contributed by atoms with Gasteiger partial charge in [-0.05, 0) is 18.2 Å². The van der Waals surface area contributed by atoms with E-state index in [1.807, 2.05) is 54.6 Å². The fraction of sp³-hybridized carbons (Fsp3) is 0.188. The van der Waals surface area contributed by atoms with Crippen LogP contribution in [0.4, 0.5) is 10.5 Å². The number of para-hydroxylation sites is 2. The zero-order valence-electron chi connectivity index (χ0n) is 11.2. The van der Waals surface area contributed by atoms with Crippen LogP contribution in [0.15, 0.2) is 54.6 Å². The summed E-state index contributed by atoms with van der Waals surface area (Å²) in [5.74, 6) is 0.801. The normalized spacial score (nSPS) is 17.9. The van der Waals surface area contributed by atoms with E-state index in [0.717, 1.165) is 17.0 Å². The Morgan fingerprint density at radius 1 is 1.10 bits per heavy atom. The average molecular weight is 268 g/mol. The van der Waals surface area contributed by atoms with E-state index in [1.54, 1.807) is 12.0 Å². The molecule has 0 saturated carbocycles. The Morgan fingerprint density at radius 2 is 1.80 bits per heavy atom. The highest BCUT2D eigenvalue weighted by Gasteiger charge is 2.34. The molecular weight excluding hydrogens is 252 g/mol. The number of nitrogens with one attached hydrogen (secondary N) is 1. The number of anilines is 1. The number of carbonyl (C=O) groups is 1. The van der Waals surface area contributed by atoms with Gasteiger partial charge in [0.05, 0.1) is 13.2 Å². The first-order valence-electron chi connectivity index (χ1n) is 6.56. The first-order chi connectivity index (χ1) is 9.81. The third kappa shape index (κ3) is 2.09. The minimum atomic E-state index is -0.0768. The van der Waals surface area contributed by atoms with E-state index < -0.39 is 0 Å². The highest BCUT2D eigenvalue weighted by Crippen LogP contribution is 2.34. The Morgan fingerprint density at radius 3 is 2.55 bits per heavy atom. The molecule has 4 nitrogen and oxygen atoms in total. The molecule has 2 aromatic carbocycles. The van der Waals surface area contributed by atoms with Gasteiger partial charge in [0.15, 0.2) is 0 Å². The zero-order valence-corrected chi connectivity index (χ0v) is 11.2. The van der Waals surface area contributed by atoms with Gasteiger partial charge in [0, 0.05) is 17.8 Å². The molecule has 1 fully saturated rings. The standard InChI is InChI=1S/C16H16N2O2/c1-20-15-10-6-5-9-13(15)14-11-17-16(19)18(14)12-7-3-2-4-8-12/h2-10,14H,11H2,1H3,(H,17,19). The average Bonchev–Trinajstić information content (AvgIpc) is 2.89. The van der Waals surface area contributed by atoms with E-state index in [2.05, 4.69) is 5.32 Å². The number of urea groups is 1. The molecule has 2 amide bonds. The number of amides is 2. The molecule has 20 heavy (non-hydrogen) atoms. The van der Waals surface area contributed by atoms with Crippen molar-refractivity contribution in [2.75, 3.05) is 18.6 Å². The first kappa shape index (κ1) is 12.5. The van der Waals surface area contributed by atoms with Crippen molar-refractivity contribution in [1.82, 2.24) is 5.32 Å². The number of methoxy groups -OCH3 is 1. The van der Waals surface area contributed by atoms with Crippen LogP contribution in [0.1, 0.15) is 11.6 Å². The van der Waals surface area contributed by atoms with Crippen LogP contribution in [-0.2, 0) is 0 Å². The molecule has 1 heterocycles. The van der Waals surface area contributed by atoms with Gasteiger partial charge < -0.3 is 10.1 Å². The third-order valence-corrected chi connectivity index (χ3v) is 3.51. The van der Waals surface area contributed by atoms with Crippen molar-refractivity contribution >= 4 is 11.7 Å². The fourth-order valence-electron chi connectivity index (χ4n) is 2.58. The third-order valence-electron chi connectivity index (χ3n) is 3.51. The summed E-state index contributed by atoms with van der Waals surface area (Å²) >= 11 is 0. The van der Waals surface area contributed by atoms with Crippen molar-refractivity contribution in [1.29, 1.82) is 0 Å². The highest BCUT2D eigenvalue weighted by atomic mass is 16.5. The minimum Gasteiger partial charge on any atom is -0.496 e. The fourth-order valence-corrected chi connectivity index (χ4v) is 2.58. The summed E-state index contributed by atoms with van der Waals surface area (Å²) in [5, 5.41) is 2.90. The number of benzene rings is 2. The van der Waals surface area contributed by atoms with Gasteiger partial charge in [0.2, 0.25) is 0 Å². The van der Waals surface area contributed by atoms with Gasteiger partial charge in [-0.1, -0.05) is 36.4 Å². The monoisotopic (exact) mass is 268 g/mol. The second kappa shape index (κ2) is 5.25. The molecule has 1 atom stereocenters. The molecule has 0 radical (unpaired) electrons. The van der Waals surface area contributed by atoms with Gasteiger partial charge in [-0.25, -0.2) is 4.79 Å². The van der Waals surface area contributed by atoms with Crippen LogP contribution in [0.25, 0.3) is 0 Å². The predicted octanol–water partition coefficient (Wildman–Crippen LogP) is 2.97. The van der Waals surface area contributed by atoms with Crippen molar-refractivity contribution in [2.24, 2.45) is 0 Å². The van der Waals surface area contributed by atoms with E-state index in [1.165, 1.54) is 0 Å². The maximum atomic E-state index is 12.1. The largest absolute Gasteiger partial charge is 0.496 e. The van der Waals surface area contributed by atoms with E-state index in [-0.39, 0.29) is 12.1 Å². The van der Waals surface area contributed by atoms with Crippen LogP contribution >= 0.6 is 0 Å². The zero-order chi connectivity index (χ0) is 13.9. The van der Waals surface area contributed by atoms with Crippen molar-refractivity contribution < 1.29 is 9.53 Å². The van der Waals surface area contributed by atoms with Crippen LogP contribution in [0.5, 0.6) is 5.75 Å². The molecule has 0 aliphatic carbocycles. The maximum absolute atomic E-state index is 12.1. The van der Waals surface area contributed by atoms with Crippen LogP contribution in [0.2, 0.25) is 0 Å². The second-order valence-electron chi connectivity index (χ2n) is 4.65. The molecular formula is C16H16N2O2. The lowest BCUT2D eigenvalue weighted by molar-refractivity contribution is 0.251. The van der Waals surface area contributed by atoms with Crippen LogP contribution in [0.3, 0.4) is 0 Å². The number of hydrogen-bond acceptors (Lipinski definition) is 2. The van der Waals surface area contributed by atoms with E-state index in [0.29, 0.717) is 6.54 Å². The molecule has 1 unspecified atom stereocenters. The molecule has 0 aromatic heterocycles. The van der Waals surface area contributed by atoms with Crippen molar-refractivity contribution in [3.63, 3.8) is 0 Å². The molecule has 102 valence electrons. The van der Waals surface area contributed by atoms with Crippen LogP contribution < -0.4 is 15.0 Å². The Hall–Kier alpha value is -2.49. The molecule has 1 saturated heterocycles. The summed E-state index contributed by atoms with van der Waals surface area (Å²) in [7, 11) is 1.65. The molecule has 1 aliphatic heterocycles. The number of ether oxygens (including phenoxy) is 1. The number of rotatable bonds is 3. The summed E-state index contributed by atoms with van der Waals surface area (Å²) in [5.41, 5.74) is 1.90. The first-order valence-corrected chi connectivity index (χ1v) is 6.56. The van der Waals surface area contributed by atoms with Crippen molar-refractivity contribution in [3.05, 3.63) is 60.2 Å². The number of nitrogens with zero attached hydrogens (tertiary/aromatic N) is 1. The van der Waals surface area contributed by atoms with Crippen LogP contribution in [-0.4, -0.2) is 19.7 Å². The number of carbonyl (C=O) groups excluding carboxylic acids is 1. The van der Waals surface area contributed by atoms with Crippen molar-refractivity contribution in [3.8, 4) is 5.75 Å². The smallest absolute Gasteiger partial charge is 0.322 e. The lowest BCUT2D eigenvalue weighted by atomic mass is 10.0. The molecule has 0 spiro atoms. The van der Waals surface area contributed by atoms with Gasteiger partial charge >= 0.3 is 6.03 Å². The molecule has 1 N–H and O–H groups in total. The summed E-state index contributed by atoms with van der Waals surface area (Å²) in [6.45, 7) is 0.577. The Labute approximate surface area is 118 Å². The molecule has 0 bridgehead atoms. The lowest BCUT2D eigenvalue weighted by Crippen LogP contribution is -2.29. The van der Waals surface area contributed by atoms with Crippen molar-refractivity contribution in [2.45, 2.75) is 6.04 Å². The summed E-state index contributed by atoms with van der Waals surface area (Å²) in [4.78, 5) is 13.9.